The molecule has 1 atom stereocenters. The number of hydrogen-bond acceptors (Lipinski definition) is 2. The van der Waals surface area contributed by atoms with Crippen LogP contribution in [0.1, 0.15) is 31.2 Å². The van der Waals surface area contributed by atoms with E-state index in [0.717, 1.165) is 24.3 Å². The van der Waals surface area contributed by atoms with Gasteiger partial charge in [0.05, 0.1) is 0 Å². The number of rotatable bonds is 6. The third-order valence-corrected chi connectivity index (χ3v) is 3.89. The normalized spacial score (nSPS) is 17.6. The highest BCUT2D eigenvalue weighted by atomic mass is 19.4. The zero-order chi connectivity index (χ0) is 14.6. The van der Waals surface area contributed by atoms with Crippen molar-refractivity contribution < 1.29 is 17.9 Å². The van der Waals surface area contributed by atoms with Crippen LogP contribution < -0.4 is 10.1 Å². The molecule has 0 aliphatic heterocycles. The minimum absolute atomic E-state index is 0.166. The Morgan fingerprint density at radius 3 is 2.35 bits per heavy atom. The first kappa shape index (κ1) is 15.2. The van der Waals surface area contributed by atoms with Crippen LogP contribution in [0, 0.1) is 5.92 Å². The fourth-order valence-corrected chi connectivity index (χ4v) is 2.55. The molecule has 0 bridgehead atoms. The van der Waals surface area contributed by atoms with Gasteiger partial charge in [0.2, 0.25) is 0 Å². The summed E-state index contributed by atoms with van der Waals surface area (Å²) in [6, 6.07) is 6.53. The zero-order valence-electron chi connectivity index (χ0n) is 11.5. The van der Waals surface area contributed by atoms with Crippen LogP contribution in [0.5, 0.6) is 5.75 Å². The quantitative estimate of drug-likeness (QED) is 0.856. The smallest absolute Gasteiger partial charge is 0.406 e. The summed E-state index contributed by atoms with van der Waals surface area (Å²) in [5.41, 5.74) is 1.03. The van der Waals surface area contributed by atoms with E-state index in [0.29, 0.717) is 6.04 Å². The van der Waals surface area contributed by atoms with Crippen molar-refractivity contribution in [1.29, 1.82) is 0 Å². The summed E-state index contributed by atoms with van der Waals surface area (Å²) >= 11 is 0. The van der Waals surface area contributed by atoms with Gasteiger partial charge in [0, 0.05) is 6.04 Å². The number of likely N-dealkylation sites (N-methyl/N-ethyl adjacent to an activating group) is 1. The van der Waals surface area contributed by atoms with Crippen molar-refractivity contribution in [2.24, 2.45) is 5.92 Å². The highest BCUT2D eigenvalue weighted by Gasteiger charge is 2.31. The van der Waals surface area contributed by atoms with Crippen molar-refractivity contribution in [3.05, 3.63) is 29.8 Å². The molecule has 1 aromatic carbocycles. The molecule has 20 heavy (non-hydrogen) atoms. The van der Waals surface area contributed by atoms with Crippen molar-refractivity contribution in [3.8, 4) is 5.75 Å². The Morgan fingerprint density at radius 1 is 1.25 bits per heavy atom. The number of hydrogen-bond donors (Lipinski definition) is 1. The second-order valence-corrected chi connectivity index (χ2v) is 5.41. The lowest BCUT2D eigenvalue weighted by atomic mass is 9.80. The highest BCUT2D eigenvalue weighted by Crippen LogP contribution is 2.31. The van der Waals surface area contributed by atoms with Gasteiger partial charge in [-0.15, -0.1) is 13.2 Å². The van der Waals surface area contributed by atoms with Crippen LogP contribution in [-0.2, 0) is 6.42 Å². The van der Waals surface area contributed by atoms with Crippen LogP contribution in [0.15, 0.2) is 24.3 Å². The van der Waals surface area contributed by atoms with Gasteiger partial charge in [-0.2, -0.15) is 0 Å². The van der Waals surface area contributed by atoms with E-state index in [2.05, 4.69) is 10.1 Å². The van der Waals surface area contributed by atoms with Gasteiger partial charge in [0.15, 0.2) is 0 Å². The largest absolute Gasteiger partial charge is 0.573 e. The molecule has 0 spiro atoms. The second-order valence-electron chi connectivity index (χ2n) is 5.41. The molecule has 0 amide bonds. The summed E-state index contributed by atoms with van der Waals surface area (Å²) < 4.78 is 40.1. The first-order valence-electron chi connectivity index (χ1n) is 6.98. The summed E-state index contributed by atoms with van der Waals surface area (Å²) in [6.07, 6.45) is 1.27. The monoisotopic (exact) mass is 287 g/mol. The lowest BCUT2D eigenvalue weighted by Crippen LogP contribution is -2.31. The van der Waals surface area contributed by atoms with Gasteiger partial charge in [0.1, 0.15) is 5.75 Å². The molecule has 1 fully saturated rings. The van der Waals surface area contributed by atoms with E-state index in [1.807, 2.05) is 7.05 Å². The number of halogens is 3. The zero-order valence-corrected chi connectivity index (χ0v) is 11.5. The highest BCUT2D eigenvalue weighted by molar-refractivity contribution is 5.28. The van der Waals surface area contributed by atoms with Gasteiger partial charge in [-0.05, 0) is 43.5 Å². The summed E-state index contributed by atoms with van der Waals surface area (Å²) in [5.74, 6) is 0.640. The van der Waals surface area contributed by atoms with Gasteiger partial charge in [0.25, 0.3) is 0 Å². The molecule has 112 valence electrons. The molecular weight excluding hydrogens is 267 g/mol. The lowest BCUT2D eigenvalue weighted by molar-refractivity contribution is -0.274. The maximum atomic E-state index is 12.1. The van der Waals surface area contributed by atoms with E-state index >= 15 is 0 Å². The van der Waals surface area contributed by atoms with E-state index in [4.69, 9.17) is 0 Å². The summed E-state index contributed by atoms with van der Waals surface area (Å²) in [7, 11) is 1.93. The molecule has 1 unspecified atom stereocenters. The van der Waals surface area contributed by atoms with E-state index in [1.54, 1.807) is 12.1 Å². The van der Waals surface area contributed by atoms with Gasteiger partial charge in [-0.1, -0.05) is 31.4 Å². The van der Waals surface area contributed by atoms with Crippen LogP contribution in [0.25, 0.3) is 0 Å². The Hall–Kier alpha value is -1.23. The minimum atomic E-state index is -4.63. The topological polar surface area (TPSA) is 21.3 Å². The Labute approximate surface area is 117 Å². The predicted molar refractivity (Wildman–Crippen MR) is 71.6 cm³/mol. The van der Waals surface area contributed by atoms with Gasteiger partial charge < -0.3 is 10.1 Å². The van der Waals surface area contributed by atoms with Crippen LogP contribution in [0.3, 0.4) is 0 Å². The van der Waals surface area contributed by atoms with Gasteiger partial charge in [-0.3, -0.25) is 0 Å². The van der Waals surface area contributed by atoms with Crippen molar-refractivity contribution in [1.82, 2.24) is 5.32 Å². The molecule has 0 heterocycles. The van der Waals surface area contributed by atoms with Crippen molar-refractivity contribution >= 4 is 0 Å². The van der Waals surface area contributed by atoms with E-state index in [9.17, 15) is 13.2 Å². The number of ether oxygens (including phenoxy) is 1. The average molecular weight is 287 g/mol. The standard InChI is InChI=1S/C15H20F3NO/c1-19-13(9-11-3-2-4-11)10-12-5-7-14(8-6-12)20-15(16,17)18/h5-8,11,13,19H,2-4,9-10H2,1H3. The molecule has 0 saturated heterocycles. The summed E-state index contributed by atoms with van der Waals surface area (Å²) in [6.45, 7) is 0. The van der Waals surface area contributed by atoms with Crippen molar-refractivity contribution in [2.75, 3.05) is 7.05 Å². The Morgan fingerprint density at radius 2 is 1.90 bits per heavy atom. The molecule has 1 aliphatic carbocycles. The summed E-state index contributed by atoms with van der Waals surface area (Å²) in [4.78, 5) is 0. The van der Waals surface area contributed by atoms with E-state index < -0.39 is 6.36 Å². The van der Waals surface area contributed by atoms with Crippen molar-refractivity contribution in [2.45, 2.75) is 44.5 Å². The molecule has 0 radical (unpaired) electrons. The number of nitrogens with one attached hydrogen (secondary N) is 1. The maximum Gasteiger partial charge on any atom is 0.573 e. The molecule has 1 aliphatic rings. The van der Waals surface area contributed by atoms with Gasteiger partial charge in [-0.25, -0.2) is 0 Å². The Bertz CT molecular complexity index is 412. The fourth-order valence-electron chi connectivity index (χ4n) is 2.55. The number of alkyl halides is 3. The molecule has 1 saturated carbocycles. The molecule has 5 heteroatoms. The predicted octanol–water partition coefficient (Wildman–Crippen LogP) is 3.91. The lowest BCUT2D eigenvalue weighted by Gasteiger charge is -2.29. The third kappa shape index (κ3) is 4.71. The second kappa shape index (κ2) is 6.48. The SMILES string of the molecule is CNC(Cc1ccc(OC(F)(F)F)cc1)CC1CCC1. The Balaban J connectivity index is 1.88. The first-order valence-corrected chi connectivity index (χ1v) is 6.98. The number of benzene rings is 1. The first-order chi connectivity index (χ1) is 9.46. The Kier molecular flexibility index (Phi) is 4.91. The molecule has 1 N–H and O–H groups in total. The molecule has 1 aromatic rings. The molecule has 2 rings (SSSR count). The maximum absolute atomic E-state index is 12.1. The average Bonchev–Trinajstić information content (AvgIpc) is 2.32. The fraction of sp³-hybridized carbons (Fsp3) is 0.600. The minimum Gasteiger partial charge on any atom is -0.406 e. The molecule has 0 aromatic heterocycles. The van der Waals surface area contributed by atoms with E-state index in [1.165, 1.54) is 31.4 Å². The van der Waals surface area contributed by atoms with Crippen LogP contribution in [0.4, 0.5) is 13.2 Å². The molecular formula is C15H20F3NO. The summed E-state index contributed by atoms with van der Waals surface area (Å²) in [5, 5.41) is 3.29. The van der Waals surface area contributed by atoms with Crippen LogP contribution in [0.2, 0.25) is 0 Å². The van der Waals surface area contributed by atoms with Crippen molar-refractivity contribution in [3.63, 3.8) is 0 Å². The molecule has 2 nitrogen and oxygen atoms in total. The van der Waals surface area contributed by atoms with Crippen LogP contribution in [-0.4, -0.2) is 19.5 Å². The third-order valence-electron chi connectivity index (χ3n) is 3.89. The van der Waals surface area contributed by atoms with Gasteiger partial charge >= 0.3 is 6.36 Å². The van der Waals surface area contributed by atoms with E-state index in [-0.39, 0.29) is 5.75 Å². The van der Waals surface area contributed by atoms with Crippen LogP contribution >= 0.6 is 0 Å².